The van der Waals surface area contributed by atoms with Crippen LogP contribution >= 0.6 is 0 Å². The van der Waals surface area contributed by atoms with E-state index in [2.05, 4.69) is 0 Å². The molecule has 1 aromatic rings. The number of rotatable bonds is 3. The summed E-state index contributed by atoms with van der Waals surface area (Å²) in [5.74, 6) is -0.0749. The predicted molar refractivity (Wildman–Crippen MR) is 60.7 cm³/mol. The zero-order valence-corrected chi connectivity index (χ0v) is 9.04. The second kappa shape index (κ2) is 4.63. The highest BCUT2D eigenvalue weighted by Gasteiger charge is 2.31. The van der Waals surface area contributed by atoms with Gasteiger partial charge in [0.2, 0.25) is 5.91 Å². The number of carbonyl (C=O) groups excluding carboxylic acids is 1. The standard InChI is InChI=1S/C12H16N2O2/c13-11(6-9-4-2-1-3-5-9)12(16)14-7-10(15)8-14/h1-5,10-11,15H,6-8,13H2/t11-/m0/s1. The Morgan fingerprint density at radius 3 is 2.62 bits per heavy atom. The molecule has 0 unspecified atom stereocenters. The molecule has 1 aromatic carbocycles. The number of hydrogen-bond acceptors (Lipinski definition) is 3. The summed E-state index contributed by atoms with van der Waals surface area (Å²) in [4.78, 5) is 13.4. The van der Waals surface area contributed by atoms with Gasteiger partial charge in [-0.3, -0.25) is 4.79 Å². The first-order valence-corrected chi connectivity index (χ1v) is 5.43. The molecular formula is C12H16N2O2. The number of amides is 1. The molecule has 2 rings (SSSR count). The molecule has 1 aliphatic rings. The lowest BCUT2D eigenvalue weighted by molar-refractivity contribution is -0.142. The van der Waals surface area contributed by atoms with Crippen molar-refractivity contribution in [2.75, 3.05) is 13.1 Å². The van der Waals surface area contributed by atoms with Crippen LogP contribution in [-0.2, 0) is 11.2 Å². The summed E-state index contributed by atoms with van der Waals surface area (Å²) < 4.78 is 0. The normalized spacial score (nSPS) is 18.0. The van der Waals surface area contributed by atoms with Crippen molar-refractivity contribution in [1.29, 1.82) is 0 Å². The fourth-order valence-corrected chi connectivity index (χ4v) is 1.83. The predicted octanol–water partition coefficient (Wildman–Crippen LogP) is -0.241. The van der Waals surface area contributed by atoms with Crippen molar-refractivity contribution >= 4 is 5.91 Å². The number of benzene rings is 1. The minimum absolute atomic E-state index is 0.0749. The molecule has 16 heavy (non-hydrogen) atoms. The Hall–Kier alpha value is -1.39. The van der Waals surface area contributed by atoms with E-state index in [0.29, 0.717) is 19.5 Å². The van der Waals surface area contributed by atoms with Gasteiger partial charge in [-0.05, 0) is 12.0 Å². The van der Waals surface area contributed by atoms with Crippen LogP contribution < -0.4 is 5.73 Å². The quantitative estimate of drug-likeness (QED) is 0.738. The number of β-amino-alcohol motifs (C(OH)–C–C–N with tert-alkyl or cyclic N) is 1. The average molecular weight is 220 g/mol. The van der Waals surface area contributed by atoms with Crippen LogP contribution in [0.2, 0.25) is 0 Å². The summed E-state index contributed by atoms with van der Waals surface area (Å²) in [5, 5.41) is 9.10. The zero-order chi connectivity index (χ0) is 11.5. The number of nitrogens with two attached hydrogens (primary N) is 1. The van der Waals surface area contributed by atoms with Crippen molar-refractivity contribution in [1.82, 2.24) is 4.90 Å². The third kappa shape index (κ3) is 2.40. The highest BCUT2D eigenvalue weighted by molar-refractivity contribution is 5.82. The van der Waals surface area contributed by atoms with Gasteiger partial charge in [-0.25, -0.2) is 0 Å². The highest BCUT2D eigenvalue weighted by atomic mass is 16.3. The van der Waals surface area contributed by atoms with Crippen LogP contribution in [-0.4, -0.2) is 41.1 Å². The Labute approximate surface area is 94.7 Å². The fraction of sp³-hybridized carbons (Fsp3) is 0.417. The van der Waals surface area contributed by atoms with Crippen molar-refractivity contribution < 1.29 is 9.90 Å². The second-order valence-electron chi connectivity index (χ2n) is 4.19. The smallest absolute Gasteiger partial charge is 0.240 e. The average Bonchev–Trinajstić information content (AvgIpc) is 2.25. The number of nitrogens with zero attached hydrogens (tertiary/aromatic N) is 1. The summed E-state index contributed by atoms with van der Waals surface area (Å²) in [7, 11) is 0. The number of aliphatic hydroxyl groups excluding tert-OH is 1. The number of hydrogen-bond donors (Lipinski definition) is 2. The van der Waals surface area contributed by atoms with Crippen LogP contribution in [0.25, 0.3) is 0 Å². The Bertz CT molecular complexity index is 361. The van der Waals surface area contributed by atoms with Crippen molar-refractivity contribution in [2.45, 2.75) is 18.6 Å². The van der Waals surface area contributed by atoms with Gasteiger partial charge in [0.1, 0.15) is 0 Å². The Kier molecular flexibility index (Phi) is 3.22. The van der Waals surface area contributed by atoms with Gasteiger partial charge in [0.15, 0.2) is 0 Å². The molecule has 1 fully saturated rings. The topological polar surface area (TPSA) is 66.6 Å². The molecule has 0 aliphatic carbocycles. The minimum Gasteiger partial charge on any atom is -0.389 e. The summed E-state index contributed by atoms with van der Waals surface area (Å²) in [6, 6.07) is 9.20. The SMILES string of the molecule is N[C@@H](Cc1ccccc1)C(=O)N1CC(O)C1. The molecule has 4 nitrogen and oxygen atoms in total. The first kappa shape index (κ1) is 11.1. The van der Waals surface area contributed by atoms with Crippen molar-refractivity contribution in [3.63, 3.8) is 0 Å². The molecule has 86 valence electrons. The van der Waals surface area contributed by atoms with Crippen molar-refractivity contribution in [2.24, 2.45) is 5.73 Å². The summed E-state index contributed by atoms with van der Waals surface area (Å²) in [5.41, 5.74) is 6.89. The molecule has 4 heteroatoms. The molecule has 1 heterocycles. The van der Waals surface area contributed by atoms with E-state index in [-0.39, 0.29) is 12.0 Å². The van der Waals surface area contributed by atoms with Crippen LogP contribution in [0.1, 0.15) is 5.56 Å². The fourth-order valence-electron chi connectivity index (χ4n) is 1.83. The van der Waals surface area contributed by atoms with E-state index in [4.69, 9.17) is 10.8 Å². The first-order chi connectivity index (χ1) is 7.66. The minimum atomic E-state index is -0.505. The van der Waals surface area contributed by atoms with Crippen LogP contribution in [0, 0.1) is 0 Å². The van der Waals surface area contributed by atoms with Gasteiger partial charge in [0.25, 0.3) is 0 Å². The van der Waals surface area contributed by atoms with E-state index < -0.39 is 6.04 Å². The van der Waals surface area contributed by atoms with Gasteiger partial charge < -0.3 is 15.7 Å². The van der Waals surface area contributed by atoms with Crippen LogP contribution in [0.4, 0.5) is 0 Å². The van der Waals surface area contributed by atoms with Gasteiger partial charge in [0.05, 0.1) is 12.1 Å². The van der Waals surface area contributed by atoms with Crippen LogP contribution in [0.5, 0.6) is 0 Å². The largest absolute Gasteiger partial charge is 0.389 e. The van der Waals surface area contributed by atoms with Gasteiger partial charge in [-0.15, -0.1) is 0 Å². The maximum Gasteiger partial charge on any atom is 0.240 e. The van der Waals surface area contributed by atoms with Crippen molar-refractivity contribution in [3.8, 4) is 0 Å². The zero-order valence-electron chi connectivity index (χ0n) is 9.04. The molecule has 1 atom stereocenters. The molecule has 1 saturated heterocycles. The number of likely N-dealkylation sites (tertiary alicyclic amines) is 1. The molecule has 1 amide bonds. The Morgan fingerprint density at radius 1 is 1.44 bits per heavy atom. The van der Waals surface area contributed by atoms with E-state index in [0.717, 1.165) is 5.56 Å². The molecule has 0 spiro atoms. The molecule has 0 aromatic heterocycles. The van der Waals surface area contributed by atoms with Crippen molar-refractivity contribution in [3.05, 3.63) is 35.9 Å². The third-order valence-electron chi connectivity index (χ3n) is 2.79. The summed E-state index contributed by atoms with van der Waals surface area (Å²) >= 11 is 0. The summed E-state index contributed by atoms with van der Waals surface area (Å²) in [6.45, 7) is 0.836. The molecular weight excluding hydrogens is 204 g/mol. The number of aliphatic hydroxyl groups is 1. The van der Waals surface area contributed by atoms with E-state index in [1.54, 1.807) is 4.90 Å². The third-order valence-corrected chi connectivity index (χ3v) is 2.79. The molecule has 0 bridgehead atoms. The molecule has 0 radical (unpaired) electrons. The van der Waals surface area contributed by atoms with Gasteiger partial charge in [0, 0.05) is 13.1 Å². The number of carbonyl (C=O) groups is 1. The van der Waals surface area contributed by atoms with Crippen LogP contribution in [0.3, 0.4) is 0 Å². The molecule has 0 saturated carbocycles. The Morgan fingerprint density at radius 2 is 2.06 bits per heavy atom. The van der Waals surface area contributed by atoms with E-state index in [9.17, 15) is 4.79 Å². The maximum absolute atomic E-state index is 11.8. The lowest BCUT2D eigenvalue weighted by Gasteiger charge is -2.37. The summed E-state index contributed by atoms with van der Waals surface area (Å²) in [6.07, 6.45) is 0.180. The van der Waals surface area contributed by atoms with E-state index >= 15 is 0 Å². The maximum atomic E-state index is 11.8. The lowest BCUT2D eigenvalue weighted by atomic mass is 10.0. The van der Waals surface area contributed by atoms with E-state index in [1.807, 2.05) is 30.3 Å². The molecule has 3 N–H and O–H groups in total. The lowest BCUT2D eigenvalue weighted by Crippen LogP contribution is -2.58. The van der Waals surface area contributed by atoms with E-state index in [1.165, 1.54) is 0 Å². The Balaban J connectivity index is 1.88. The van der Waals surface area contributed by atoms with Crippen LogP contribution in [0.15, 0.2) is 30.3 Å². The second-order valence-corrected chi connectivity index (χ2v) is 4.19. The van der Waals surface area contributed by atoms with Gasteiger partial charge in [-0.2, -0.15) is 0 Å². The highest BCUT2D eigenvalue weighted by Crippen LogP contribution is 2.11. The first-order valence-electron chi connectivity index (χ1n) is 5.43. The van der Waals surface area contributed by atoms with Gasteiger partial charge >= 0.3 is 0 Å². The molecule has 1 aliphatic heterocycles. The van der Waals surface area contributed by atoms with Gasteiger partial charge in [-0.1, -0.05) is 30.3 Å². The monoisotopic (exact) mass is 220 g/mol.